The van der Waals surface area contributed by atoms with Gasteiger partial charge in [-0.2, -0.15) is 0 Å². The topological polar surface area (TPSA) is 40.6 Å². The Kier molecular flexibility index (Phi) is 4.02. The van der Waals surface area contributed by atoms with Crippen LogP contribution in [-0.2, 0) is 22.6 Å². The van der Waals surface area contributed by atoms with E-state index in [1.165, 1.54) is 9.75 Å². The fourth-order valence-corrected chi connectivity index (χ4v) is 4.24. The van der Waals surface area contributed by atoms with Gasteiger partial charge in [0.05, 0.1) is 6.54 Å². The average Bonchev–Trinajstić information content (AvgIpc) is 2.97. The highest BCUT2D eigenvalue weighted by Gasteiger charge is 2.44. The van der Waals surface area contributed by atoms with Gasteiger partial charge < -0.3 is 9.80 Å². The summed E-state index contributed by atoms with van der Waals surface area (Å²) in [6.07, 6.45) is 3.90. The Morgan fingerprint density at radius 2 is 1.95 bits per heavy atom. The Balaban J connectivity index is 1.80. The molecule has 2 unspecified atom stereocenters. The van der Waals surface area contributed by atoms with Crippen LogP contribution in [0.1, 0.15) is 42.9 Å². The van der Waals surface area contributed by atoms with Gasteiger partial charge in [0.25, 0.3) is 0 Å². The number of amides is 2. The number of hydrogen-bond donors (Lipinski definition) is 0. The number of nitrogens with zero attached hydrogens (tertiary/aromatic N) is 2. The Labute approximate surface area is 129 Å². The first-order valence-electron chi connectivity index (χ1n) is 7.80. The summed E-state index contributed by atoms with van der Waals surface area (Å²) in [4.78, 5) is 31.3. The summed E-state index contributed by atoms with van der Waals surface area (Å²) in [5, 5.41) is 0. The lowest BCUT2D eigenvalue weighted by Crippen LogP contribution is -2.64. The highest BCUT2D eigenvalue weighted by Crippen LogP contribution is 2.28. The van der Waals surface area contributed by atoms with E-state index in [2.05, 4.69) is 19.1 Å². The molecule has 3 rings (SSSR count). The Morgan fingerprint density at radius 1 is 1.19 bits per heavy atom. The summed E-state index contributed by atoms with van der Waals surface area (Å²) < 4.78 is 0. The van der Waals surface area contributed by atoms with E-state index >= 15 is 0 Å². The minimum atomic E-state index is -0.334. The Bertz CT molecular complexity index is 554. The van der Waals surface area contributed by atoms with Gasteiger partial charge in [-0.15, -0.1) is 11.3 Å². The number of piperidine rings is 1. The first kappa shape index (κ1) is 14.6. The fraction of sp³-hybridized carbons (Fsp3) is 0.625. The van der Waals surface area contributed by atoms with E-state index < -0.39 is 0 Å². The molecule has 21 heavy (non-hydrogen) atoms. The van der Waals surface area contributed by atoms with Gasteiger partial charge in [0.2, 0.25) is 11.8 Å². The first-order chi connectivity index (χ1) is 10.1. The molecule has 114 valence electrons. The van der Waals surface area contributed by atoms with Gasteiger partial charge in [-0.25, -0.2) is 0 Å². The predicted octanol–water partition coefficient (Wildman–Crippen LogP) is 2.42. The molecule has 2 saturated heterocycles. The molecule has 2 atom stereocenters. The molecule has 4 nitrogen and oxygen atoms in total. The van der Waals surface area contributed by atoms with Gasteiger partial charge in [0.15, 0.2) is 0 Å². The molecule has 0 spiro atoms. The highest BCUT2D eigenvalue weighted by atomic mass is 32.1. The molecule has 5 heteroatoms. The maximum Gasteiger partial charge on any atom is 0.246 e. The minimum absolute atomic E-state index is 0.117. The smallest absolute Gasteiger partial charge is 0.246 e. The highest BCUT2D eigenvalue weighted by molar-refractivity contribution is 7.11. The molecule has 0 bridgehead atoms. The fourth-order valence-electron chi connectivity index (χ4n) is 3.29. The predicted molar refractivity (Wildman–Crippen MR) is 83.1 cm³/mol. The van der Waals surface area contributed by atoms with Gasteiger partial charge >= 0.3 is 0 Å². The van der Waals surface area contributed by atoms with Crippen LogP contribution >= 0.6 is 11.3 Å². The molecule has 0 radical (unpaired) electrons. The van der Waals surface area contributed by atoms with E-state index in [4.69, 9.17) is 0 Å². The van der Waals surface area contributed by atoms with Crippen molar-refractivity contribution in [2.24, 2.45) is 0 Å². The second kappa shape index (κ2) is 5.79. The second-order valence-corrected chi connectivity index (χ2v) is 7.16. The van der Waals surface area contributed by atoms with Gasteiger partial charge in [0, 0.05) is 16.3 Å². The zero-order valence-electron chi connectivity index (χ0n) is 12.7. The summed E-state index contributed by atoms with van der Waals surface area (Å²) in [6.45, 7) is 5.31. The largest absolute Gasteiger partial charge is 0.329 e. The van der Waals surface area contributed by atoms with Crippen LogP contribution in [0.25, 0.3) is 0 Å². The van der Waals surface area contributed by atoms with Crippen LogP contribution in [-0.4, -0.2) is 40.2 Å². The number of thiophene rings is 1. The van der Waals surface area contributed by atoms with Crippen molar-refractivity contribution >= 4 is 23.2 Å². The van der Waals surface area contributed by atoms with E-state index in [9.17, 15) is 9.59 Å². The van der Waals surface area contributed by atoms with Crippen molar-refractivity contribution in [2.45, 2.75) is 58.2 Å². The quantitative estimate of drug-likeness (QED) is 0.860. The summed E-state index contributed by atoms with van der Waals surface area (Å²) in [5.41, 5.74) is 0. The third-order valence-corrected chi connectivity index (χ3v) is 5.79. The van der Waals surface area contributed by atoms with Crippen LogP contribution in [0.15, 0.2) is 12.1 Å². The average molecular weight is 306 g/mol. The number of carbonyl (C=O) groups is 2. The molecule has 3 heterocycles. The molecular formula is C16H22N2O2S. The molecule has 0 aliphatic carbocycles. The molecule has 0 saturated carbocycles. The van der Waals surface area contributed by atoms with Gasteiger partial charge in [0.1, 0.15) is 12.1 Å². The lowest BCUT2D eigenvalue weighted by atomic mass is 9.96. The van der Waals surface area contributed by atoms with E-state index in [1.54, 1.807) is 21.1 Å². The molecule has 1 aromatic heterocycles. The van der Waals surface area contributed by atoms with Crippen molar-refractivity contribution in [1.82, 2.24) is 9.80 Å². The normalized spacial score (nSPS) is 26.2. The van der Waals surface area contributed by atoms with Gasteiger partial charge in [-0.1, -0.05) is 6.92 Å². The van der Waals surface area contributed by atoms with Crippen LogP contribution in [0.3, 0.4) is 0 Å². The van der Waals surface area contributed by atoms with E-state index in [0.717, 1.165) is 32.2 Å². The van der Waals surface area contributed by atoms with Crippen molar-refractivity contribution in [3.63, 3.8) is 0 Å². The SMILES string of the molecule is CCc1ccc(CN2C(=O)C3CCCCN3C(=O)C2C)s1. The molecule has 1 aromatic rings. The number of carbonyl (C=O) groups excluding carboxylic acids is 2. The summed E-state index contributed by atoms with van der Waals surface area (Å²) in [6, 6.07) is 3.65. The summed E-state index contributed by atoms with van der Waals surface area (Å²) in [5.74, 6) is 0.250. The van der Waals surface area contributed by atoms with Gasteiger partial charge in [-0.3, -0.25) is 9.59 Å². The van der Waals surface area contributed by atoms with Crippen LogP contribution < -0.4 is 0 Å². The van der Waals surface area contributed by atoms with Crippen molar-refractivity contribution in [3.05, 3.63) is 21.9 Å². The lowest BCUT2D eigenvalue weighted by molar-refractivity contribution is -0.163. The number of rotatable bonds is 3. The third kappa shape index (κ3) is 2.59. The lowest BCUT2D eigenvalue weighted by Gasteiger charge is -2.45. The molecule has 0 aromatic carbocycles. The number of piperazine rings is 1. The van der Waals surface area contributed by atoms with Crippen molar-refractivity contribution < 1.29 is 9.59 Å². The second-order valence-electron chi connectivity index (χ2n) is 5.91. The molecule has 0 N–H and O–H groups in total. The van der Waals surface area contributed by atoms with Crippen LogP contribution in [0.5, 0.6) is 0 Å². The van der Waals surface area contributed by atoms with Crippen LogP contribution in [0.4, 0.5) is 0 Å². The first-order valence-corrected chi connectivity index (χ1v) is 8.62. The van der Waals surface area contributed by atoms with E-state index in [-0.39, 0.29) is 23.9 Å². The molecule has 2 aliphatic rings. The maximum absolute atomic E-state index is 12.7. The van der Waals surface area contributed by atoms with E-state index in [0.29, 0.717) is 6.54 Å². The van der Waals surface area contributed by atoms with Crippen molar-refractivity contribution in [3.8, 4) is 0 Å². The van der Waals surface area contributed by atoms with E-state index in [1.807, 2.05) is 6.92 Å². The maximum atomic E-state index is 12.7. The van der Waals surface area contributed by atoms with Crippen LogP contribution in [0.2, 0.25) is 0 Å². The van der Waals surface area contributed by atoms with Gasteiger partial charge in [-0.05, 0) is 44.7 Å². The standard InChI is InChI=1S/C16H22N2O2S/c1-3-12-7-8-13(21-12)10-18-11(2)15(19)17-9-5-4-6-14(17)16(18)20/h7-8,11,14H,3-6,9-10H2,1-2H3. The number of hydrogen-bond acceptors (Lipinski definition) is 3. The third-order valence-electron chi connectivity index (χ3n) is 4.57. The Hall–Kier alpha value is -1.36. The van der Waals surface area contributed by atoms with Crippen LogP contribution in [0, 0.1) is 0 Å². The summed E-state index contributed by atoms with van der Waals surface area (Å²) >= 11 is 1.74. The van der Waals surface area contributed by atoms with Crippen molar-refractivity contribution in [1.29, 1.82) is 0 Å². The molecule has 2 fully saturated rings. The molecule has 2 amide bonds. The number of fused-ring (bicyclic) bond motifs is 1. The Morgan fingerprint density at radius 3 is 2.67 bits per heavy atom. The molecular weight excluding hydrogens is 284 g/mol. The minimum Gasteiger partial charge on any atom is -0.329 e. The molecule has 2 aliphatic heterocycles. The zero-order valence-corrected chi connectivity index (χ0v) is 13.5. The summed E-state index contributed by atoms with van der Waals surface area (Å²) in [7, 11) is 0. The zero-order chi connectivity index (χ0) is 15.0. The van der Waals surface area contributed by atoms with Crippen molar-refractivity contribution in [2.75, 3.05) is 6.54 Å². The number of aryl methyl sites for hydroxylation is 1. The monoisotopic (exact) mass is 306 g/mol.